The number of hydrogen-bond donors (Lipinski definition) is 3. The number of hydrazine groups is 1. The highest BCUT2D eigenvalue weighted by molar-refractivity contribution is 5.26. The lowest BCUT2D eigenvalue weighted by Crippen LogP contribution is -2.49. The Kier molecular flexibility index (Phi) is 6.86. The van der Waals surface area contributed by atoms with Gasteiger partial charge in [0, 0.05) is 6.54 Å². The topological polar surface area (TPSA) is 54.5 Å². The average Bonchev–Trinajstić information content (AvgIpc) is 2.59. The molecule has 0 spiro atoms. The molecule has 5 heteroatoms. The predicted molar refractivity (Wildman–Crippen MR) is 87.0 cm³/mol. The summed E-state index contributed by atoms with van der Waals surface area (Å²) in [6.45, 7) is 1.24. The van der Waals surface area contributed by atoms with E-state index in [0.717, 1.165) is 16.9 Å². The second-order valence-electron chi connectivity index (χ2n) is 4.81. The van der Waals surface area contributed by atoms with Gasteiger partial charge in [-0.05, 0) is 30.3 Å². The third kappa shape index (κ3) is 5.46. The lowest BCUT2D eigenvalue weighted by molar-refractivity contribution is -0.0104. The van der Waals surface area contributed by atoms with Gasteiger partial charge < -0.3 is 9.47 Å². The summed E-state index contributed by atoms with van der Waals surface area (Å²) in [5.74, 6) is 0.857. The minimum Gasteiger partial charge on any atom is -0.497 e. The molecule has 0 aliphatic rings. The quantitative estimate of drug-likeness (QED) is 0.489. The molecule has 0 saturated carbocycles. The molecule has 1 unspecified atom stereocenters. The van der Waals surface area contributed by atoms with Gasteiger partial charge in [0.15, 0.2) is 6.35 Å². The van der Waals surface area contributed by atoms with Crippen LogP contribution in [0.15, 0.2) is 54.6 Å². The summed E-state index contributed by atoms with van der Waals surface area (Å²) in [6.07, 6.45) is -0.265. The van der Waals surface area contributed by atoms with Crippen LogP contribution < -0.4 is 20.9 Å². The summed E-state index contributed by atoms with van der Waals surface area (Å²) in [5, 5.41) is 3.06. The molecular weight excluding hydrogens is 278 g/mol. The lowest BCUT2D eigenvalue weighted by Gasteiger charge is -2.19. The Bertz CT molecular complexity index is 531. The van der Waals surface area contributed by atoms with Crippen molar-refractivity contribution in [2.75, 3.05) is 14.2 Å². The largest absolute Gasteiger partial charge is 0.497 e. The molecule has 0 saturated heterocycles. The van der Waals surface area contributed by atoms with Crippen molar-refractivity contribution in [2.24, 2.45) is 0 Å². The van der Waals surface area contributed by atoms with E-state index in [0.29, 0.717) is 13.2 Å². The standard InChI is InChI=1S/C17H23N3O2/c1-18-17(22-13-15-6-4-3-5-7-15)20-19-12-14-8-10-16(21-2)11-9-14/h3-11,17-20H,12-13H2,1-2H3. The molecule has 2 rings (SSSR count). The molecule has 0 aromatic heterocycles. The highest BCUT2D eigenvalue weighted by Gasteiger charge is 2.05. The second-order valence-corrected chi connectivity index (χ2v) is 4.81. The first-order valence-corrected chi connectivity index (χ1v) is 7.26. The van der Waals surface area contributed by atoms with E-state index in [1.54, 1.807) is 7.11 Å². The van der Waals surface area contributed by atoms with E-state index < -0.39 is 0 Å². The summed E-state index contributed by atoms with van der Waals surface area (Å²) >= 11 is 0. The van der Waals surface area contributed by atoms with Crippen LogP contribution in [0.3, 0.4) is 0 Å². The van der Waals surface area contributed by atoms with Gasteiger partial charge in [-0.25, -0.2) is 5.43 Å². The Balaban J connectivity index is 1.71. The fourth-order valence-corrected chi connectivity index (χ4v) is 1.94. The number of hydrogen-bond acceptors (Lipinski definition) is 5. The maximum atomic E-state index is 5.75. The summed E-state index contributed by atoms with van der Waals surface area (Å²) in [7, 11) is 3.51. The van der Waals surface area contributed by atoms with Gasteiger partial charge in [0.2, 0.25) is 0 Å². The lowest BCUT2D eigenvalue weighted by atomic mass is 10.2. The van der Waals surface area contributed by atoms with Crippen molar-refractivity contribution in [3.63, 3.8) is 0 Å². The van der Waals surface area contributed by atoms with Crippen molar-refractivity contribution in [3.05, 3.63) is 65.7 Å². The van der Waals surface area contributed by atoms with Crippen molar-refractivity contribution in [2.45, 2.75) is 19.5 Å². The minimum atomic E-state index is -0.265. The molecule has 2 aromatic carbocycles. The van der Waals surface area contributed by atoms with Gasteiger partial charge in [0.25, 0.3) is 0 Å². The van der Waals surface area contributed by atoms with Gasteiger partial charge in [-0.15, -0.1) is 0 Å². The zero-order valence-electron chi connectivity index (χ0n) is 13.0. The Hall–Kier alpha value is -1.92. The molecule has 3 N–H and O–H groups in total. The van der Waals surface area contributed by atoms with E-state index in [9.17, 15) is 0 Å². The monoisotopic (exact) mass is 301 g/mol. The van der Waals surface area contributed by atoms with Crippen LogP contribution in [-0.2, 0) is 17.9 Å². The van der Waals surface area contributed by atoms with E-state index in [4.69, 9.17) is 9.47 Å². The van der Waals surface area contributed by atoms with Crippen molar-refractivity contribution < 1.29 is 9.47 Å². The molecule has 0 radical (unpaired) electrons. The third-order valence-corrected chi connectivity index (χ3v) is 3.21. The van der Waals surface area contributed by atoms with Crippen LogP contribution in [-0.4, -0.2) is 20.5 Å². The molecular formula is C17H23N3O2. The third-order valence-electron chi connectivity index (χ3n) is 3.21. The zero-order chi connectivity index (χ0) is 15.6. The summed E-state index contributed by atoms with van der Waals surface area (Å²) in [4.78, 5) is 0. The molecule has 2 aromatic rings. The van der Waals surface area contributed by atoms with Crippen molar-refractivity contribution in [3.8, 4) is 5.75 Å². The van der Waals surface area contributed by atoms with Crippen molar-refractivity contribution in [1.82, 2.24) is 16.2 Å². The second kappa shape index (κ2) is 9.17. The fraction of sp³-hybridized carbons (Fsp3) is 0.294. The molecule has 1 atom stereocenters. The normalized spacial score (nSPS) is 12.1. The molecule has 118 valence electrons. The minimum absolute atomic E-state index is 0.265. The van der Waals surface area contributed by atoms with Crippen molar-refractivity contribution in [1.29, 1.82) is 0 Å². The molecule has 0 aliphatic carbocycles. The molecule has 0 bridgehead atoms. The van der Waals surface area contributed by atoms with E-state index in [1.807, 2.05) is 61.6 Å². The highest BCUT2D eigenvalue weighted by Crippen LogP contribution is 2.10. The highest BCUT2D eigenvalue weighted by atomic mass is 16.5. The number of ether oxygens (including phenoxy) is 2. The van der Waals surface area contributed by atoms with Crippen LogP contribution in [0.1, 0.15) is 11.1 Å². The van der Waals surface area contributed by atoms with Crippen LogP contribution in [0.4, 0.5) is 0 Å². The molecule has 5 nitrogen and oxygen atoms in total. The van der Waals surface area contributed by atoms with Gasteiger partial charge in [-0.3, -0.25) is 10.7 Å². The molecule has 0 heterocycles. The number of rotatable bonds is 9. The molecule has 0 aliphatic heterocycles. The molecule has 0 amide bonds. The van der Waals surface area contributed by atoms with Gasteiger partial charge in [-0.2, -0.15) is 0 Å². The van der Waals surface area contributed by atoms with Crippen LogP contribution in [0.5, 0.6) is 5.75 Å². The predicted octanol–water partition coefficient (Wildman–Crippen LogP) is 2.01. The maximum absolute atomic E-state index is 5.75. The van der Waals surface area contributed by atoms with Crippen molar-refractivity contribution >= 4 is 0 Å². The van der Waals surface area contributed by atoms with Gasteiger partial charge in [-0.1, -0.05) is 42.5 Å². The average molecular weight is 301 g/mol. The first-order chi connectivity index (χ1) is 10.8. The summed E-state index contributed by atoms with van der Waals surface area (Å²) < 4.78 is 10.9. The summed E-state index contributed by atoms with van der Waals surface area (Å²) in [5.41, 5.74) is 8.55. The molecule has 0 fully saturated rings. The number of nitrogens with one attached hydrogen (secondary N) is 3. The van der Waals surface area contributed by atoms with Gasteiger partial charge in [0.1, 0.15) is 5.75 Å². The number of benzene rings is 2. The SMILES string of the molecule is CNC(NNCc1ccc(OC)cc1)OCc1ccccc1. The van der Waals surface area contributed by atoms with Gasteiger partial charge in [0.05, 0.1) is 13.7 Å². The van der Waals surface area contributed by atoms with E-state index in [-0.39, 0.29) is 6.35 Å². The van der Waals surface area contributed by atoms with E-state index >= 15 is 0 Å². The first-order valence-electron chi connectivity index (χ1n) is 7.26. The smallest absolute Gasteiger partial charge is 0.176 e. The number of methoxy groups -OCH3 is 1. The van der Waals surface area contributed by atoms with Crippen LogP contribution in [0, 0.1) is 0 Å². The zero-order valence-corrected chi connectivity index (χ0v) is 13.0. The summed E-state index contributed by atoms with van der Waals surface area (Å²) in [6, 6.07) is 18.0. The maximum Gasteiger partial charge on any atom is 0.176 e. The first kappa shape index (κ1) is 16.5. The van der Waals surface area contributed by atoms with Gasteiger partial charge >= 0.3 is 0 Å². The molecule has 22 heavy (non-hydrogen) atoms. The fourth-order valence-electron chi connectivity index (χ4n) is 1.94. The Morgan fingerprint density at radius 1 is 0.955 bits per heavy atom. The van der Waals surface area contributed by atoms with Crippen LogP contribution >= 0.6 is 0 Å². The Morgan fingerprint density at radius 2 is 1.68 bits per heavy atom. The van der Waals surface area contributed by atoms with Crippen LogP contribution in [0.25, 0.3) is 0 Å². The Labute approximate surface area is 131 Å². The Morgan fingerprint density at radius 3 is 2.32 bits per heavy atom. The van der Waals surface area contributed by atoms with Crippen LogP contribution in [0.2, 0.25) is 0 Å². The van der Waals surface area contributed by atoms with E-state index in [1.165, 1.54) is 0 Å². The van der Waals surface area contributed by atoms with E-state index in [2.05, 4.69) is 16.2 Å².